The fraction of sp³-hybridized carbons (Fsp3) is 0.700. The second kappa shape index (κ2) is 13.3. The second-order valence-corrected chi connectivity index (χ2v) is 6.57. The number of hydrogen-bond acceptors (Lipinski definition) is 5. The zero-order valence-electron chi connectivity index (χ0n) is 16.7. The van der Waals surface area contributed by atoms with Crippen molar-refractivity contribution in [2.75, 3.05) is 40.0 Å². The number of guanidine groups is 1. The van der Waals surface area contributed by atoms with Crippen molar-refractivity contribution in [1.29, 1.82) is 0 Å². The molecule has 7 nitrogen and oxygen atoms in total. The molecule has 1 heterocycles. The molecule has 0 amide bonds. The lowest BCUT2D eigenvalue weighted by Crippen LogP contribution is -2.38. The molecule has 27 heavy (non-hydrogen) atoms. The molecule has 1 aromatic rings. The third-order valence-electron chi connectivity index (χ3n) is 4.37. The van der Waals surface area contributed by atoms with Crippen molar-refractivity contribution in [3.05, 3.63) is 23.9 Å². The Balaban J connectivity index is 1.81. The molecule has 1 saturated carbocycles. The van der Waals surface area contributed by atoms with Crippen LogP contribution in [0.3, 0.4) is 0 Å². The first kappa shape index (κ1) is 21.4. The molecule has 0 unspecified atom stereocenters. The van der Waals surface area contributed by atoms with E-state index < -0.39 is 0 Å². The highest BCUT2D eigenvalue weighted by Gasteiger charge is 2.18. The topological polar surface area (TPSA) is 77.0 Å². The number of nitrogens with zero attached hydrogens (tertiary/aromatic N) is 2. The van der Waals surface area contributed by atoms with Gasteiger partial charge in [-0.15, -0.1) is 0 Å². The van der Waals surface area contributed by atoms with E-state index >= 15 is 0 Å². The summed E-state index contributed by atoms with van der Waals surface area (Å²) in [5.74, 6) is 1.51. The molecule has 7 heteroatoms. The van der Waals surface area contributed by atoms with E-state index in [0.29, 0.717) is 32.5 Å². The van der Waals surface area contributed by atoms with Gasteiger partial charge >= 0.3 is 0 Å². The number of pyridine rings is 1. The molecule has 1 aromatic heterocycles. The van der Waals surface area contributed by atoms with Crippen LogP contribution in [0.4, 0.5) is 0 Å². The Morgan fingerprint density at radius 3 is 2.85 bits per heavy atom. The predicted molar refractivity (Wildman–Crippen MR) is 107 cm³/mol. The van der Waals surface area contributed by atoms with Gasteiger partial charge in [0.1, 0.15) is 6.10 Å². The largest absolute Gasteiger partial charge is 0.474 e. The molecule has 0 spiro atoms. The monoisotopic (exact) mass is 378 g/mol. The molecule has 0 radical (unpaired) electrons. The molecule has 1 fully saturated rings. The number of methoxy groups -OCH3 is 1. The van der Waals surface area contributed by atoms with Gasteiger partial charge in [-0.25, -0.2) is 9.98 Å². The lowest BCUT2D eigenvalue weighted by atomic mass is 10.2. The van der Waals surface area contributed by atoms with Crippen LogP contribution < -0.4 is 15.4 Å². The van der Waals surface area contributed by atoms with E-state index in [4.69, 9.17) is 14.2 Å². The quantitative estimate of drug-likeness (QED) is 0.331. The second-order valence-electron chi connectivity index (χ2n) is 6.57. The molecular formula is C20H34N4O3. The van der Waals surface area contributed by atoms with Crippen molar-refractivity contribution in [2.45, 2.75) is 51.7 Å². The SMILES string of the molecule is CCNC(=NCc1cccnc1OC1CCCC1)NCCCOCCOC. The minimum Gasteiger partial charge on any atom is -0.474 e. The Labute approximate surface area is 162 Å². The van der Waals surface area contributed by atoms with Crippen molar-refractivity contribution in [1.82, 2.24) is 15.6 Å². The minimum absolute atomic E-state index is 0.298. The first-order chi connectivity index (χ1) is 13.3. The summed E-state index contributed by atoms with van der Waals surface area (Å²) < 4.78 is 16.5. The van der Waals surface area contributed by atoms with Crippen LogP contribution >= 0.6 is 0 Å². The third-order valence-corrected chi connectivity index (χ3v) is 4.37. The highest BCUT2D eigenvalue weighted by atomic mass is 16.5. The van der Waals surface area contributed by atoms with E-state index in [9.17, 15) is 0 Å². The van der Waals surface area contributed by atoms with Gasteiger partial charge in [-0.3, -0.25) is 0 Å². The summed E-state index contributed by atoms with van der Waals surface area (Å²) in [7, 11) is 1.68. The summed E-state index contributed by atoms with van der Waals surface area (Å²) in [6.45, 7) is 6.19. The molecule has 2 N–H and O–H groups in total. The average molecular weight is 379 g/mol. The van der Waals surface area contributed by atoms with Crippen molar-refractivity contribution in [3.8, 4) is 5.88 Å². The summed E-state index contributed by atoms with van der Waals surface area (Å²) in [6.07, 6.45) is 7.73. The molecule has 0 saturated heterocycles. The minimum atomic E-state index is 0.298. The van der Waals surface area contributed by atoms with E-state index in [-0.39, 0.29) is 0 Å². The fourth-order valence-electron chi connectivity index (χ4n) is 2.95. The van der Waals surface area contributed by atoms with Crippen LogP contribution in [0, 0.1) is 0 Å². The van der Waals surface area contributed by atoms with Gasteiger partial charge in [-0.1, -0.05) is 6.07 Å². The summed E-state index contributed by atoms with van der Waals surface area (Å²) >= 11 is 0. The van der Waals surface area contributed by atoms with Gasteiger partial charge in [0.2, 0.25) is 5.88 Å². The molecule has 0 bridgehead atoms. The molecule has 2 rings (SSSR count). The Kier molecular flexibility index (Phi) is 10.6. The summed E-state index contributed by atoms with van der Waals surface area (Å²) in [5.41, 5.74) is 1.02. The lowest BCUT2D eigenvalue weighted by Gasteiger charge is -2.15. The summed E-state index contributed by atoms with van der Waals surface area (Å²) in [5, 5.41) is 6.61. The van der Waals surface area contributed by atoms with Gasteiger partial charge in [0.25, 0.3) is 0 Å². The summed E-state index contributed by atoms with van der Waals surface area (Å²) in [6, 6.07) is 3.97. The zero-order valence-corrected chi connectivity index (χ0v) is 16.7. The van der Waals surface area contributed by atoms with E-state index in [2.05, 4.69) is 27.5 Å². The standard InChI is InChI=1S/C20H34N4O3/c1-3-21-20(23-12-7-13-26-15-14-25-2)24-16-17-8-6-11-22-19(17)27-18-9-4-5-10-18/h6,8,11,18H,3-5,7,9-10,12-16H2,1-2H3,(H2,21,23,24). The lowest BCUT2D eigenvalue weighted by molar-refractivity contribution is 0.0698. The van der Waals surface area contributed by atoms with Gasteiger partial charge < -0.3 is 24.8 Å². The maximum Gasteiger partial charge on any atom is 0.218 e. The van der Waals surface area contributed by atoms with Crippen LogP contribution in [-0.4, -0.2) is 57.1 Å². The average Bonchev–Trinajstić information content (AvgIpc) is 3.19. The smallest absolute Gasteiger partial charge is 0.218 e. The van der Waals surface area contributed by atoms with Gasteiger partial charge in [-0.2, -0.15) is 0 Å². The van der Waals surface area contributed by atoms with Crippen molar-refractivity contribution < 1.29 is 14.2 Å². The van der Waals surface area contributed by atoms with Crippen LogP contribution in [-0.2, 0) is 16.0 Å². The Morgan fingerprint density at radius 1 is 1.22 bits per heavy atom. The number of nitrogens with one attached hydrogen (secondary N) is 2. The van der Waals surface area contributed by atoms with Crippen molar-refractivity contribution >= 4 is 5.96 Å². The normalized spacial score (nSPS) is 15.1. The molecule has 0 aliphatic heterocycles. The van der Waals surface area contributed by atoms with Crippen LogP contribution in [0.2, 0.25) is 0 Å². The predicted octanol–water partition coefficient (Wildman–Crippen LogP) is 2.51. The Hall–Kier alpha value is -1.86. The van der Waals surface area contributed by atoms with E-state index in [1.165, 1.54) is 12.8 Å². The van der Waals surface area contributed by atoms with Crippen LogP contribution in [0.25, 0.3) is 0 Å². The highest BCUT2D eigenvalue weighted by Crippen LogP contribution is 2.25. The molecular weight excluding hydrogens is 344 g/mol. The van der Waals surface area contributed by atoms with E-state index in [1.54, 1.807) is 13.3 Å². The van der Waals surface area contributed by atoms with Crippen LogP contribution in [0.1, 0.15) is 44.6 Å². The molecule has 152 valence electrons. The van der Waals surface area contributed by atoms with Gasteiger partial charge in [0.15, 0.2) is 5.96 Å². The van der Waals surface area contributed by atoms with Crippen molar-refractivity contribution in [3.63, 3.8) is 0 Å². The Morgan fingerprint density at radius 2 is 2.07 bits per heavy atom. The van der Waals surface area contributed by atoms with E-state index in [1.807, 2.05) is 12.1 Å². The molecule has 1 aliphatic carbocycles. The van der Waals surface area contributed by atoms with Gasteiger partial charge in [-0.05, 0) is 45.1 Å². The van der Waals surface area contributed by atoms with Crippen LogP contribution in [0.15, 0.2) is 23.3 Å². The first-order valence-corrected chi connectivity index (χ1v) is 10.0. The number of hydrogen-bond donors (Lipinski definition) is 2. The van der Waals surface area contributed by atoms with E-state index in [0.717, 1.165) is 49.8 Å². The fourth-order valence-corrected chi connectivity index (χ4v) is 2.95. The summed E-state index contributed by atoms with van der Waals surface area (Å²) in [4.78, 5) is 9.10. The first-order valence-electron chi connectivity index (χ1n) is 10.0. The number of ether oxygens (including phenoxy) is 3. The number of aromatic nitrogens is 1. The molecule has 0 atom stereocenters. The number of aliphatic imine (C=N–C) groups is 1. The third kappa shape index (κ3) is 8.58. The maximum absolute atomic E-state index is 6.10. The van der Waals surface area contributed by atoms with Crippen LogP contribution in [0.5, 0.6) is 5.88 Å². The van der Waals surface area contributed by atoms with Gasteiger partial charge in [0.05, 0.1) is 19.8 Å². The molecule has 0 aromatic carbocycles. The Bertz CT molecular complexity index is 548. The molecule has 1 aliphatic rings. The van der Waals surface area contributed by atoms with Gasteiger partial charge in [0, 0.05) is 38.6 Å². The van der Waals surface area contributed by atoms with Crippen molar-refractivity contribution in [2.24, 2.45) is 4.99 Å². The highest BCUT2D eigenvalue weighted by molar-refractivity contribution is 5.79. The zero-order chi connectivity index (χ0) is 19.2. The maximum atomic E-state index is 6.10. The number of rotatable bonds is 12.